The summed E-state index contributed by atoms with van der Waals surface area (Å²) in [6.07, 6.45) is -3.49. The summed E-state index contributed by atoms with van der Waals surface area (Å²) in [5.41, 5.74) is 1.44. The van der Waals surface area contributed by atoms with E-state index in [1.807, 2.05) is 18.2 Å². The fraction of sp³-hybridized carbons (Fsp3) is 0.364. The number of piperidine rings is 1. The third-order valence-corrected chi connectivity index (χ3v) is 5.08. The van der Waals surface area contributed by atoms with Crippen molar-refractivity contribution in [1.29, 1.82) is 5.26 Å². The Morgan fingerprint density at radius 2 is 1.87 bits per heavy atom. The van der Waals surface area contributed by atoms with E-state index in [1.54, 1.807) is 6.07 Å². The minimum absolute atomic E-state index is 0.0510. The highest BCUT2D eigenvalue weighted by molar-refractivity contribution is 5.78. The maximum Gasteiger partial charge on any atom is 0.573 e. The van der Waals surface area contributed by atoms with Gasteiger partial charge in [0.15, 0.2) is 0 Å². The molecule has 2 aromatic carbocycles. The molecule has 1 heterocycles. The zero-order valence-electron chi connectivity index (χ0n) is 16.3. The Morgan fingerprint density at radius 3 is 2.50 bits per heavy atom. The fourth-order valence-electron chi connectivity index (χ4n) is 3.51. The van der Waals surface area contributed by atoms with Crippen molar-refractivity contribution in [2.24, 2.45) is 5.92 Å². The van der Waals surface area contributed by atoms with Gasteiger partial charge in [-0.05, 0) is 43.6 Å². The van der Waals surface area contributed by atoms with Gasteiger partial charge in [0, 0.05) is 24.6 Å². The number of likely N-dealkylation sites (tertiary alicyclic amines) is 1. The Balaban J connectivity index is 1.53. The van der Waals surface area contributed by atoms with Crippen molar-refractivity contribution in [3.05, 3.63) is 65.2 Å². The first-order valence-electron chi connectivity index (χ1n) is 9.67. The van der Waals surface area contributed by atoms with Crippen molar-refractivity contribution in [3.8, 4) is 11.8 Å². The van der Waals surface area contributed by atoms with Crippen LogP contribution < -0.4 is 10.1 Å². The summed E-state index contributed by atoms with van der Waals surface area (Å²) in [5.74, 6) is -0.835. The number of halogens is 3. The molecule has 0 bridgehead atoms. The van der Waals surface area contributed by atoms with Crippen LogP contribution in [0.2, 0.25) is 0 Å². The molecule has 1 fully saturated rings. The molecule has 5 nitrogen and oxygen atoms in total. The molecule has 158 valence electrons. The molecule has 1 amide bonds. The molecule has 0 saturated carbocycles. The summed E-state index contributed by atoms with van der Waals surface area (Å²) in [6, 6.07) is 15.7. The summed E-state index contributed by atoms with van der Waals surface area (Å²) in [6.45, 7) is 2.30. The smallest absolute Gasteiger partial charge is 0.405 e. The van der Waals surface area contributed by atoms with E-state index in [0.717, 1.165) is 25.7 Å². The van der Waals surface area contributed by atoms with E-state index in [-0.39, 0.29) is 29.5 Å². The molecule has 2 aromatic rings. The van der Waals surface area contributed by atoms with Gasteiger partial charge in [-0.15, -0.1) is 13.2 Å². The standard InChI is InChI=1S/C22H22F3N3O2/c23-22(24,25)30-20-12-17(13-26)6-7-19(20)14-27-21(29)18-8-10-28(11-9-18)15-16-4-2-1-3-5-16/h1-7,12,18H,8-11,14-15H2,(H,27,29). The van der Waals surface area contributed by atoms with Gasteiger partial charge >= 0.3 is 6.36 Å². The van der Waals surface area contributed by atoms with Crippen molar-refractivity contribution in [2.75, 3.05) is 13.1 Å². The van der Waals surface area contributed by atoms with Crippen LogP contribution in [0.25, 0.3) is 0 Å². The highest BCUT2D eigenvalue weighted by atomic mass is 19.4. The highest BCUT2D eigenvalue weighted by Crippen LogP contribution is 2.28. The number of benzene rings is 2. The number of nitrogens with one attached hydrogen (secondary N) is 1. The summed E-state index contributed by atoms with van der Waals surface area (Å²) in [4.78, 5) is 14.8. The molecule has 8 heteroatoms. The van der Waals surface area contributed by atoms with E-state index < -0.39 is 12.1 Å². The first-order chi connectivity index (χ1) is 14.3. The van der Waals surface area contributed by atoms with E-state index in [4.69, 9.17) is 5.26 Å². The molecule has 1 N–H and O–H groups in total. The van der Waals surface area contributed by atoms with E-state index in [0.29, 0.717) is 12.8 Å². The van der Waals surface area contributed by atoms with Crippen LogP contribution in [0.15, 0.2) is 48.5 Å². The molecule has 1 aliphatic rings. The van der Waals surface area contributed by atoms with Crippen LogP contribution in [0.4, 0.5) is 13.2 Å². The minimum Gasteiger partial charge on any atom is -0.405 e. The zero-order chi connectivity index (χ0) is 21.6. The van der Waals surface area contributed by atoms with Crippen molar-refractivity contribution >= 4 is 5.91 Å². The molecule has 0 unspecified atom stereocenters. The van der Waals surface area contributed by atoms with Gasteiger partial charge in [0.1, 0.15) is 5.75 Å². The number of ether oxygens (including phenoxy) is 1. The number of amides is 1. The topological polar surface area (TPSA) is 65.4 Å². The molecule has 30 heavy (non-hydrogen) atoms. The predicted octanol–water partition coefficient (Wildman–Crippen LogP) is 3.99. The Bertz CT molecular complexity index is 902. The number of alkyl halides is 3. The number of hydrogen-bond donors (Lipinski definition) is 1. The second-order valence-electron chi connectivity index (χ2n) is 7.24. The number of rotatable bonds is 6. The highest BCUT2D eigenvalue weighted by Gasteiger charge is 2.32. The molecule has 0 aromatic heterocycles. The van der Waals surface area contributed by atoms with Crippen molar-refractivity contribution in [1.82, 2.24) is 10.2 Å². The van der Waals surface area contributed by atoms with Gasteiger partial charge in [-0.25, -0.2) is 0 Å². The van der Waals surface area contributed by atoms with Crippen LogP contribution in [-0.2, 0) is 17.9 Å². The Morgan fingerprint density at radius 1 is 1.17 bits per heavy atom. The summed E-state index contributed by atoms with van der Waals surface area (Å²) < 4.78 is 41.9. The van der Waals surface area contributed by atoms with Crippen molar-refractivity contribution in [3.63, 3.8) is 0 Å². The van der Waals surface area contributed by atoms with Crippen LogP contribution in [-0.4, -0.2) is 30.3 Å². The maximum absolute atomic E-state index is 12.6. The molecule has 0 atom stereocenters. The van der Waals surface area contributed by atoms with Crippen LogP contribution in [0.5, 0.6) is 5.75 Å². The third kappa shape index (κ3) is 6.22. The zero-order valence-corrected chi connectivity index (χ0v) is 16.3. The molecule has 0 radical (unpaired) electrons. The summed E-state index contributed by atoms with van der Waals surface area (Å²) >= 11 is 0. The van der Waals surface area contributed by atoms with Crippen LogP contribution in [0.3, 0.4) is 0 Å². The van der Waals surface area contributed by atoms with E-state index in [1.165, 1.54) is 17.7 Å². The Labute approximate surface area is 173 Å². The Hall–Kier alpha value is -3.05. The number of carbonyl (C=O) groups is 1. The molecule has 0 aliphatic carbocycles. The lowest BCUT2D eigenvalue weighted by atomic mass is 9.95. The lowest BCUT2D eigenvalue weighted by Gasteiger charge is -2.31. The molecular formula is C22H22F3N3O2. The molecule has 1 aliphatic heterocycles. The lowest BCUT2D eigenvalue weighted by molar-refractivity contribution is -0.274. The van der Waals surface area contributed by atoms with Gasteiger partial charge < -0.3 is 10.1 Å². The van der Waals surface area contributed by atoms with E-state index in [2.05, 4.69) is 27.1 Å². The summed E-state index contributed by atoms with van der Waals surface area (Å²) in [5, 5.41) is 11.6. The second kappa shape index (κ2) is 9.63. The van der Waals surface area contributed by atoms with Gasteiger partial charge in [-0.3, -0.25) is 9.69 Å². The Kier molecular flexibility index (Phi) is 6.95. The number of nitriles is 1. The van der Waals surface area contributed by atoms with Gasteiger partial charge in [0.2, 0.25) is 5.91 Å². The monoisotopic (exact) mass is 417 g/mol. The molecule has 0 spiro atoms. The van der Waals surface area contributed by atoms with Crippen LogP contribution >= 0.6 is 0 Å². The predicted molar refractivity (Wildman–Crippen MR) is 104 cm³/mol. The first kappa shape index (κ1) is 21.7. The van der Waals surface area contributed by atoms with Crippen molar-refractivity contribution < 1.29 is 22.7 Å². The summed E-state index contributed by atoms with van der Waals surface area (Å²) in [7, 11) is 0. The number of hydrogen-bond acceptors (Lipinski definition) is 4. The van der Waals surface area contributed by atoms with E-state index in [9.17, 15) is 18.0 Å². The minimum atomic E-state index is -4.88. The first-order valence-corrected chi connectivity index (χ1v) is 9.67. The lowest BCUT2D eigenvalue weighted by Crippen LogP contribution is -2.40. The quantitative estimate of drug-likeness (QED) is 0.772. The SMILES string of the molecule is N#Cc1ccc(CNC(=O)C2CCN(Cc3ccccc3)CC2)c(OC(F)(F)F)c1. The molecule has 1 saturated heterocycles. The number of nitrogens with zero attached hydrogens (tertiary/aromatic N) is 2. The van der Waals surface area contributed by atoms with Gasteiger partial charge in [-0.1, -0.05) is 36.4 Å². The third-order valence-electron chi connectivity index (χ3n) is 5.08. The molecule has 3 rings (SSSR count). The maximum atomic E-state index is 12.6. The van der Waals surface area contributed by atoms with Gasteiger partial charge in [0.05, 0.1) is 11.6 Å². The average molecular weight is 417 g/mol. The van der Waals surface area contributed by atoms with E-state index >= 15 is 0 Å². The van der Waals surface area contributed by atoms with Crippen molar-refractivity contribution in [2.45, 2.75) is 32.3 Å². The molecular weight excluding hydrogens is 395 g/mol. The average Bonchev–Trinajstić information content (AvgIpc) is 2.72. The van der Waals surface area contributed by atoms with Crippen LogP contribution in [0, 0.1) is 17.2 Å². The number of carbonyl (C=O) groups excluding carboxylic acids is 1. The normalized spacial score (nSPS) is 15.4. The second-order valence-corrected chi connectivity index (χ2v) is 7.24. The fourth-order valence-corrected chi connectivity index (χ4v) is 3.51. The van der Waals surface area contributed by atoms with Gasteiger partial charge in [0.25, 0.3) is 0 Å². The van der Waals surface area contributed by atoms with Crippen LogP contribution in [0.1, 0.15) is 29.5 Å². The largest absolute Gasteiger partial charge is 0.573 e. The van der Waals surface area contributed by atoms with Gasteiger partial charge in [-0.2, -0.15) is 5.26 Å².